The third-order valence-corrected chi connectivity index (χ3v) is 3.88. The van der Waals surface area contributed by atoms with Gasteiger partial charge in [-0.05, 0) is 43.5 Å². The lowest BCUT2D eigenvalue weighted by Gasteiger charge is -2.25. The molecule has 0 amide bonds. The van der Waals surface area contributed by atoms with E-state index in [4.69, 9.17) is 0 Å². The van der Waals surface area contributed by atoms with Crippen LogP contribution in [0.15, 0.2) is 29.3 Å². The lowest BCUT2D eigenvalue weighted by Crippen LogP contribution is -2.19. The van der Waals surface area contributed by atoms with E-state index in [0.29, 0.717) is 11.5 Å². The summed E-state index contributed by atoms with van der Waals surface area (Å²) in [4.78, 5) is 4.23. The van der Waals surface area contributed by atoms with E-state index in [0.717, 1.165) is 0 Å². The standard InChI is InChI=1S/C13H15N/c1-14-12-9-13(12)8-4-6-10-5-2-3-7-11(10)13/h2-3,5,7,12H,1,4,6,8-9H2. The lowest BCUT2D eigenvalue weighted by atomic mass is 9.80. The van der Waals surface area contributed by atoms with Gasteiger partial charge in [0, 0.05) is 5.41 Å². The van der Waals surface area contributed by atoms with Gasteiger partial charge in [0.2, 0.25) is 0 Å². The SMILES string of the molecule is C=NC1CC12CCCc1ccccc12. The van der Waals surface area contributed by atoms with Gasteiger partial charge >= 0.3 is 0 Å². The molecule has 2 unspecified atom stereocenters. The summed E-state index contributed by atoms with van der Waals surface area (Å²) in [6, 6.07) is 9.37. The molecule has 1 nitrogen and oxygen atoms in total. The quantitative estimate of drug-likeness (QED) is 0.596. The predicted molar refractivity (Wildman–Crippen MR) is 59.0 cm³/mol. The predicted octanol–water partition coefficient (Wildman–Crippen LogP) is 2.73. The first kappa shape index (κ1) is 8.22. The first-order valence-corrected chi connectivity index (χ1v) is 5.41. The molecule has 2 atom stereocenters. The van der Waals surface area contributed by atoms with Crippen molar-refractivity contribution in [2.24, 2.45) is 4.99 Å². The zero-order valence-electron chi connectivity index (χ0n) is 8.37. The summed E-state index contributed by atoms with van der Waals surface area (Å²) in [5.74, 6) is 0. The highest BCUT2D eigenvalue weighted by Gasteiger charge is 2.56. The second-order valence-corrected chi connectivity index (χ2v) is 4.57. The molecule has 2 aliphatic carbocycles. The van der Waals surface area contributed by atoms with Gasteiger partial charge in [-0.2, -0.15) is 0 Å². The molecule has 2 aliphatic rings. The third-order valence-electron chi connectivity index (χ3n) is 3.88. The van der Waals surface area contributed by atoms with Crippen molar-refractivity contribution in [1.82, 2.24) is 0 Å². The van der Waals surface area contributed by atoms with Gasteiger partial charge in [0.1, 0.15) is 0 Å². The largest absolute Gasteiger partial charge is 0.297 e. The maximum atomic E-state index is 4.23. The number of rotatable bonds is 1. The van der Waals surface area contributed by atoms with Gasteiger partial charge in [-0.25, -0.2) is 0 Å². The van der Waals surface area contributed by atoms with Gasteiger partial charge in [0.05, 0.1) is 6.04 Å². The van der Waals surface area contributed by atoms with Gasteiger partial charge in [-0.1, -0.05) is 24.3 Å². The fourth-order valence-corrected chi connectivity index (χ4v) is 3.04. The Bertz CT molecular complexity index is 383. The highest BCUT2D eigenvalue weighted by molar-refractivity contribution is 5.45. The Morgan fingerprint density at radius 2 is 2.21 bits per heavy atom. The van der Waals surface area contributed by atoms with Crippen molar-refractivity contribution in [3.8, 4) is 0 Å². The first-order chi connectivity index (χ1) is 6.87. The average molecular weight is 185 g/mol. The van der Waals surface area contributed by atoms with Crippen molar-refractivity contribution in [3.63, 3.8) is 0 Å². The summed E-state index contributed by atoms with van der Waals surface area (Å²) < 4.78 is 0. The van der Waals surface area contributed by atoms with Crippen LogP contribution in [0.1, 0.15) is 30.4 Å². The molecular weight excluding hydrogens is 170 g/mol. The summed E-state index contributed by atoms with van der Waals surface area (Å²) >= 11 is 0. The molecule has 1 aromatic carbocycles. The Balaban J connectivity index is 2.09. The number of hydrogen-bond donors (Lipinski definition) is 0. The summed E-state index contributed by atoms with van der Waals surface area (Å²) in [5.41, 5.74) is 3.50. The van der Waals surface area contributed by atoms with E-state index in [1.807, 2.05) is 0 Å². The van der Waals surface area contributed by atoms with Gasteiger partial charge in [-0.15, -0.1) is 0 Å². The molecule has 0 aliphatic heterocycles. The van der Waals surface area contributed by atoms with Crippen molar-refractivity contribution in [2.75, 3.05) is 0 Å². The van der Waals surface area contributed by atoms with Gasteiger partial charge in [0.25, 0.3) is 0 Å². The molecular formula is C13H15N. The zero-order chi connectivity index (χ0) is 9.60. The molecule has 0 saturated heterocycles. The number of hydrogen-bond acceptors (Lipinski definition) is 1. The highest BCUT2D eigenvalue weighted by Crippen LogP contribution is 2.56. The fourth-order valence-electron chi connectivity index (χ4n) is 3.04. The van der Waals surface area contributed by atoms with Crippen molar-refractivity contribution >= 4 is 6.72 Å². The molecule has 3 rings (SSSR count). The molecule has 1 spiro atoms. The minimum absolute atomic E-state index is 0.399. The van der Waals surface area contributed by atoms with Crippen LogP contribution in [-0.4, -0.2) is 12.8 Å². The van der Waals surface area contributed by atoms with Gasteiger partial charge in [-0.3, -0.25) is 4.99 Å². The number of fused-ring (bicyclic) bond motifs is 2. The van der Waals surface area contributed by atoms with Crippen LogP contribution in [0.5, 0.6) is 0 Å². The summed E-state index contributed by atoms with van der Waals surface area (Å²) in [6.45, 7) is 3.70. The molecule has 0 radical (unpaired) electrons. The molecule has 0 heterocycles. The van der Waals surface area contributed by atoms with Crippen LogP contribution in [0.25, 0.3) is 0 Å². The molecule has 0 N–H and O–H groups in total. The maximum absolute atomic E-state index is 4.23. The topological polar surface area (TPSA) is 12.4 Å². The second kappa shape index (κ2) is 2.69. The number of nitrogens with zero attached hydrogens (tertiary/aromatic N) is 1. The Morgan fingerprint density at radius 1 is 1.36 bits per heavy atom. The van der Waals surface area contributed by atoms with Crippen LogP contribution in [0.2, 0.25) is 0 Å². The normalized spacial score (nSPS) is 33.9. The summed E-state index contributed by atoms with van der Waals surface area (Å²) in [7, 11) is 0. The van der Waals surface area contributed by atoms with E-state index in [1.165, 1.54) is 25.7 Å². The van der Waals surface area contributed by atoms with Crippen molar-refractivity contribution in [1.29, 1.82) is 0 Å². The van der Waals surface area contributed by atoms with Crippen LogP contribution in [0, 0.1) is 0 Å². The first-order valence-electron chi connectivity index (χ1n) is 5.41. The van der Waals surface area contributed by atoms with Crippen LogP contribution >= 0.6 is 0 Å². The number of benzene rings is 1. The maximum Gasteiger partial charge on any atom is 0.0599 e. The van der Waals surface area contributed by atoms with E-state index in [2.05, 4.69) is 36.0 Å². The Morgan fingerprint density at radius 3 is 3.00 bits per heavy atom. The highest BCUT2D eigenvalue weighted by atomic mass is 14.9. The van der Waals surface area contributed by atoms with Crippen LogP contribution in [0.3, 0.4) is 0 Å². The molecule has 1 fully saturated rings. The minimum atomic E-state index is 0.399. The molecule has 1 saturated carbocycles. The molecule has 72 valence electrons. The van der Waals surface area contributed by atoms with Crippen LogP contribution in [0.4, 0.5) is 0 Å². The van der Waals surface area contributed by atoms with Gasteiger partial charge < -0.3 is 0 Å². The van der Waals surface area contributed by atoms with E-state index in [1.54, 1.807) is 11.1 Å². The zero-order valence-corrected chi connectivity index (χ0v) is 8.37. The summed E-state index contributed by atoms with van der Waals surface area (Å²) in [5, 5.41) is 0. The molecule has 14 heavy (non-hydrogen) atoms. The monoisotopic (exact) mass is 185 g/mol. The van der Waals surface area contributed by atoms with Crippen molar-refractivity contribution in [2.45, 2.75) is 37.1 Å². The van der Waals surface area contributed by atoms with E-state index in [-0.39, 0.29) is 0 Å². The minimum Gasteiger partial charge on any atom is -0.297 e. The molecule has 1 heteroatoms. The lowest BCUT2D eigenvalue weighted by molar-refractivity contribution is 0.527. The van der Waals surface area contributed by atoms with Crippen LogP contribution in [-0.2, 0) is 11.8 Å². The van der Waals surface area contributed by atoms with Crippen molar-refractivity contribution < 1.29 is 0 Å². The Kier molecular flexibility index (Phi) is 1.58. The number of aliphatic imine (C=N–C) groups is 1. The smallest absolute Gasteiger partial charge is 0.0599 e. The fraction of sp³-hybridized carbons (Fsp3) is 0.462. The molecule has 1 aromatic rings. The third kappa shape index (κ3) is 0.927. The summed E-state index contributed by atoms with van der Waals surface area (Å²) in [6.07, 6.45) is 5.12. The average Bonchev–Trinajstić information content (AvgIpc) is 2.94. The van der Waals surface area contributed by atoms with E-state index >= 15 is 0 Å². The molecule has 0 bridgehead atoms. The van der Waals surface area contributed by atoms with E-state index in [9.17, 15) is 0 Å². The molecule has 0 aromatic heterocycles. The van der Waals surface area contributed by atoms with Crippen LogP contribution < -0.4 is 0 Å². The van der Waals surface area contributed by atoms with E-state index < -0.39 is 0 Å². The second-order valence-electron chi connectivity index (χ2n) is 4.57. The van der Waals surface area contributed by atoms with Crippen molar-refractivity contribution in [3.05, 3.63) is 35.4 Å². The number of aryl methyl sites for hydroxylation is 1. The Labute approximate surface area is 84.9 Å². The van der Waals surface area contributed by atoms with Gasteiger partial charge in [0.15, 0.2) is 0 Å². The Hall–Kier alpha value is -1.11.